The lowest BCUT2D eigenvalue weighted by Crippen LogP contribution is -2.27. The first-order chi connectivity index (χ1) is 10.4. The highest BCUT2D eigenvalue weighted by molar-refractivity contribution is 5.75. The molecule has 0 spiro atoms. The van der Waals surface area contributed by atoms with E-state index in [0.29, 0.717) is 5.92 Å². The Morgan fingerprint density at radius 1 is 0.762 bits per heavy atom. The van der Waals surface area contributed by atoms with Crippen molar-refractivity contribution in [3.63, 3.8) is 0 Å². The third-order valence-electron chi connectivity index (χ3n) is 4.75. The number of allylic oxidation sites excluding steroid dienone is 1. The van der Waals surface area contributed by atoms with E-state index in [9.17, 15) is 0 Å². The molecule has 0 N–H and O–H groups in total. The largest absolute Gasteiger partial charge is 0.371 e. The second kappa shape index (κ2) is 5.40. The van der Waals surface area contributed by atoms with Crippen LogP contribution in [0.15, 0.2) is 60.7 Å². The molecule has 1 saturated heterocycles. The van der Waals surface area contributed by atoms with Gasteiger partial charge in [0.05, 0.1) is 0 Å². The standard InChI is InChI=1S/C20H21N/c1-3-9-16(10-4-1)19-15-20(21-13-7-2-8-14-21)18-12-6-5-11-17(18)19/h1,3-6,9-12,15,19H,2,7-8,13-14H2/t19-/m0/s1. The summed E-state index contributed by atoms with van der Waals surface area (Å²) >= 11 is 0. The van der Waals surface area contributed by atoms with Gasteiger partial charge in [0.2, 0.25) is 0 Å². The highest BCUT2D eigenvalue weighted by atomic mass is 15.1. The van der Waals surface area contributed by atoms with Crippen molar-refractivity contribution >= 4 is 5.70 Å². The number of hydrogen-bond acceptors (Lipinski definition) is 1. The van der Waals surface area contributed by atoms with Crippen molar-refractivity contribution in [3.05, 3.63) is 77.4 Å². The Kier molecular flexibility index (Phi) is 3.27. The molecule has 106 valence electrons. The molecule has 2 aromatic rings. The van der Waals surface area contributed by atoms with Crippen molar-refractivity contribution < 1.29 is 0 Å². The van der Waals surface area contributed by atoms with Crippen LogP contribution in [0.2, 0.25) is 0 Å². The fraction of sp³-hybridized carbons (Fsp3) is 0.300. The average molecular weight is 275 g/mol. The van der Waals surface area contributed by atoms with Crippen LogP contribution in [0.5, 0.6) is 0 Å². The van der Waals surface area contributed by atoms with E-state index in [1.807, 2.05) is 0 Å². The normalized spacial score (nSPS) is 21.0. The van der Waals surface area contributed by atoms with Crippen LogP contribution >= 0.6 is 0 Å². The average Bonchev–Trinajstić information content (AvgIpc) is 2.96. The molecule has 1 atom stereocenters. The molecule has 1 aliphatic heterocycles. The lowest BCUT2D eigenvalue weighted by atomic mass is 9.93. The molecule has 0 saturated carbocycles. The highest BCUT2D eigenvalue weighted by Gasteiger charge is 2.27. The second-order valence-electron chi connectivity index (χ2n) is 6.08. The van der Waals surface area contributed by atoms with Crippen molar-refractivity contribution in [2.75, 3.05) is 13.1 Å². The van der Waals surface area contributed by atoms with Gasteiger partial charge in [-0.1, -0.05) is 54.6 Å². The summed E-state index contributed by atoms with van der Waals surface area (Å²) in [5.41, 5.74) is 5.76. The van der Waals surface area contributed by atoms with E-state index in [-0.39, 0.29) is 0 Å². The van der Waals surface area contributed by atoms with E-state index < -0.39 is 0 Å². The quantitative estimate of drug-likeness (QED) is 0.770. The van der Waals surface area contributed by atoms with E-state index in [1.54, 1.807) is 0 Å². The summed E-state index contributed by atoms with van der Waals surface area (Å²) in [5.74, 6) is 0.416. The predicted molar refractivity (Wildman–Crippen MR) is 88.1 cm³/mol. The third kappa shape index (κ3) is 2.27. The first kappa shape index (κ1) is 12.7. The molecule has 1 fully saturated rings. The molecule has 1 heterocycles. The Balaban J connectivity index is 1.77. The van der Waals surface area contributed by atoms with Crippen LogP contribution in [-0.4, -0.2) is 18.0 Å². The first-order valence-corrected chi connectivity index (χ1v) is 8.04. The molecular weight excluding hydrogens is 254 g/mol. The summed E-state index contributed by atoms with van der Waals surface area (Å²) in [6.07, 6.45) is 6.52. The van der Waals surface area contributed by atoms with Gasteiger partial charge in [0, 0.05) is 30.3 Å². The van der Waals surface area contributed by atoms with E-state index >= 15 is 0 Å². The van der Waals surface area contributed by atoms with E-state index in [2.05, 4.69) is 65.6 Å². The zero-order chi connectivity index (χ0) is 14.1. The summed E-state index contributed by atoms with van der Waals surface area (Å²) in [4.78, 5) is 2.59. The molecule has 1 heteroatoms. The summed E-state index contributed by atoms with van der Waals surface area (Å²) in [7, 11) is 0. The molecule has 21 heavy (non-hydrogen) atoms. The number of rotatable bonds is 2. The number of fused-ring (bicyclic) bond motifs is 1. The van der Waals surface area contributed by atoms with Crippen molar-refractivity contribution in [2.45, 2.75) is 25.2 Å². The molecule has 2 aliphatic rings. The van der Waals surface area contributed by atoms with E-state index in [4.69, 9.17) is 0 Å². The van der Waals surface area contributed by atoms with Crippen molar-refractivity contribution in [3.8, 4) is 0 Å². The molecule has 4 rings (SSSR count). The molecule has 2 aromatic carbocycles. The smallest absolute Gasteiger partial charge is 0.0412 e. The Bertz CT molecular complexity index is 651. The summed E-state index contributed by atoms with van der Waals surface area (Å²) in [5, 5.41) is 0. The summed E-state index contributed by atoms with van der Waals surface area (Å²) < 4.78 is 0. The van der Waals surface area contributed by atoms with Gasteiger partial charge in [-0.25, -0.2) is 0 Å². The third-order valence-corrected chi connectivity index (χ3v) is 4.75. The molecular formula is C20H21N. The highest BCUT2D eigenvalue weighted by Crippen LogP contribution is 2.41. The van der Waals surface area contributed by atoms with Gasteiger partial charge in [0.25, 0.3) is 0 Å². The van der Waals surface area contributed by atoms with Gasteiger partial charge in [0.1, 0.15) is 0 Å². The van der Waals surface area contributed by atoms with Gasteiger partial charge < -0.3 is 4.90 Å². The number of hydrogen-bond donors (Lipinski definition) is 0. The van der Waals surface area contributed by atoms with Crippen molar-refractivity contribution in [2.24, 2.45) is 0 Å². The Morgan fingerprint density at radius 2 is 1.48 bits per heavy atom. The molecule has 0 amide bonds. The zero-order valence-corrected chi connectivity index (χ0v) is 12.3. The minimum Gasteiger partial charge on any atom is -0.371 e. The topological polar surface area (TPSA) is 3.24 Å². The maximum atomic E-state index is 2.59. The SMILES string of the molecule is C1=C(N2CCCCC2)c2ccccc2[C@@H]1c1ccccc1. The fourth-order valence-electron chi connectivity index (χ4n) is 3.69. The molecule has 1 aliphatic carbocycles. The number of benzene rings is 2. The number of likely N-dealkylation sites (tertiary alicyclic amines) is 1. The first-order valence-electron chi connectivity index (χ1n) is 8.04. The van der Waals surface area contributed by atoms with Crippen LogP contribution in [0.3, 0.4) is 0 Å². The Morgan fingerprint density at radius 3 is 2.29 bits per heavy atom. The van der Waals surface area contributed by atoms with Crippen LogP contribution < -0.4 is 0 Å². The summed E-state index contributed by atoms with van der Waals surface area (Å²) in [6.45, 7) is 2.42. The maximum absolute atomic E-state index is 2.59. The van der Waals surface area contributed by atoms with Gasteiger partial charge in [-0.05, 0) is 36.5 Å². The van der Waals surface area contributed by atoms with Gasteiger partial charge in [0.15, 0.2) is 0 Å². The van der Waals surface area contributed by atoms with Crippen molar-refractivity contribution in [1.82, 2.24) is 4.90 Å². The Labute approximate surface area is 126 Å². The summed E-state index contributed by atoms with van der Waals surface area (Å²) in [6, 6.07) is 19.8. The van der Waals surface area contributed by atoms with Gasteiger partial charge in [-0.3, -0.25) is 0 Å². The Hall–Kier alpha value is -2.02. The molecule has 0 unspecified atom stereocenters. The molecule has 0 radical (unpaired) electrons. The number of piperidine rings is 1. The van der Waals surface area contributed by atoms with Crippen molar-refractivity contribution in [1.29, 1.82) is 0 Å². The second-order valence-corrected chi connectivity index (χ2v) is 6.08. The molecule has 0 aromatic heterocycles. The van der Waals surface area contributed by atoms with Crippen LogP contribution in [0, 0.1) is 0 Å². The lowest BCUT2D eigenvalue weighted by molar-refractivity contribution is 0.326. The van der Waals surface area contributed by atoms with Gasteiger partial charge >= 0.3 is 0 Å². The monoisotopic (exact) mass is 275 g/mol. The van der Waals surface area contributed by atoms with Crippen LogP contribution in [0.4, 0.5) is 0 Å². The fourth-order valence-corrected chi connectivity index (χ4v) is 3.69. The zero-order valence-electron chi connectivity index (χ0n) is 12.3. The maximum Gasteiger partial charge on any atom is 0.0412 e. The minimum atomic E-state index is 0.416. The molecule has 1 nitrogen and oxygen atoms in total. The van der Waals surface area contributed by atoms with Gasteiger partial charge in [-0.2, -0.15) is 0 Å². The van der Waals surface area contributed by atoms with Crippen LogP contribution in [-0.2, 0) is 0 Å². The van der Waals surface area contributed by atoms with Crippen LogP contribution in [0.1, 0.15) is 41.9 Å². The lowest BCUT2D eigenvalue weighted by Gasteiger charge is -2.30. The van der Waals surface area contributed by atoms with E-state index in [0.717, 1.165) is 0 Å². The van der Waals surface area contributed by atoms with Gasteiger partial charge in [-0.15, -0.1) is 0 Å². The molecule has 0 bridgehead atoms. The predicted octanol–water partition coefficient (Wildman–Crippen LogP) is 4.66. The number of nitrogens with zero attached hydrogens (tertiary/aromatic N) is 1. The van der Waals surface area contributed by atoms with Crippen LogP contribution in [0.25, 0.3) is 5.70 Å². The minimum absolute atomic E-state index is 0.416. The van der Waals surface area contributed by atoms with E-state index in [1.165, 1.54) is 54.7 Å².